The van der Waals surface area contributed by atoms with Crippen molar-refractivity contribution in [2.45, 2.75) is 18.9 Å². The lowest BCUT2D eigenvalue weighted by Gasteiger charge is -2.25. The molecular formula is C20H18N2O3. The second kappa shape index (κ2) is 5.84. The second-order valence-corrected chi connectivity index (χ2v) is 6.50. The summed E-state index contributed by atoms with van der Waals surface area (Å²) in [6.45, 7) is 0.697. The molecule has 0 N–H and O–H groups in total. The zero-order chi connectivity index (χ0) is 17.6. The molecule has 0 aromatic heterocycles. The maximum atomic E-state index is 13.0. The highest BCUT2D eigenvalue weighted by molar-refractivity contribution is 6.21. The first-order valence-corrected chi connectivity index (χ1v) is 8.40. The third kappa shape index (κ3) is 2.43. The minimum atomic E-state index is -0.351. The van der Waals surface area contributed by atoms with E-state index in [2.05, 4.69) is 0 Å². The molecule has 0 saturated carbocycles. The minimum absolute atomic E-state index is 0.0574. The normalized spacial score (nSPS) is 19.5. The Kier molecular flexibility index (Phi) is 3.64. The van der Waals surface area contributed by atoms with Gasteiger partial charge < -0.3 is 4.90 Å². The van der Waals surface area contributed by atoms with Gasteiger partial charge in [0.1, 0.15) is 0 Å². The van der Waals surface area contributed by atoms with E-state index in [0.29, 0.717) is 23.2 Å². The van der Waals surface area contributed by atoms with E-state index in [1.165, 1.54) is 7.05 Å². The van der Waals surface area contributed by atoms with Crippen LogP contribution in [-0.2, 0) is 0 Å². The molecule has 25 heavy (non-hydrogen) atoms. The smallest absolute Gasteiger partial charge is 0.261 e. The van der Waals surface area contributed by atoms with E-state index in [0.717, 1.165) is 23.3 Å². The highest BCUT2D eigenvalue weighted by atomic mass is 16.2. The lowest BCUT2D eigenvalue weighted by molar-refractivity contribution is 0.0692. The Labute approximate surface area is 145 Å². The van der Waals surface area contributed by atoms with Gasteiger partial charge in [-0.2, -0.15) is 0 Å². The highest BCUT2D eigenvalue weighted by Crippen LogP contribution is 2.33. The number of likely N-dealkylation sites (tertiary alicyclic amines) is 1. The summed E-state index contributed by atoms with van der Waals surface area (Å²) in [4.78, 5) is 40.1. The van der Waals surface area contributed by atoms with Crippen LogP contribution in [0.1, 0.15) is 55.5 Å². The van der Waals surface area contributed by atoms with E-state index >= 15 is 0 Å². The van der Waals surface area contributed by atoms with E-state index in [9.17, 15) is 14.4 Å². The first-order chi connectivity index (χ1) is 12.1. The summed E-state index contributed by atoms with van der Waals surface area (Å²) in [5.41, 5.74) is 2.26. The average molecular weight is 334 g/mol. The average Bonchev–Trinajstić information content (AvgIpc) is 3.22. The summed E-state index contributed by atoms with van der Waals surface area (Å²) in [6.07, 6.45) is 1.89. The van der Waals surface area contributed by atoms with Gasteiger partial charge in [0, 0.05) is 19.2 Å². The van der Waals surface area contributed by atoms with Crippen LogP contribution >= 0.6 is 0 Å². The lowest BCUT2D eigenvalue weighted by Crippen LogP contribution is -2.30. The molecule has 3 amide bonds. The Hall–Kier alpha value is -2.95. The van der Waals surface area contributed by atoms with Crippen molar-refractivity contribution in [3.8, 4) is 0 Å². The molecule has 5 nitrogen and oxygen atoms in total. The van der Waals surface area contributed by atoms with Gasteiger partial charge in [-0.3, -0.25) is 19.3 Å². The van der Waals surface area contributed by atoms with Crippen LogP contribution in [0.15, 0.2) is 48.5 Å². The van der Waals surface area contributed by atoms with Crippen LogP contribution in [0, 0.1) is 0 Å². The third-order valence-corrected chi connectivity index (χ3v) is 5.03. The molecule has 1 atom stereocenters. The van der Waals surface area contributed by atoms with Crippen molar-refractivity contribution < 1.29 is 14.4 Å². The van der Waals surface area contributed by atoms with Gasteiger partial charge in [0.2, 0.25) is 0 Å². The Balaban J connectivity index is 1.66. The van der Waals surface area contributed by atoms with E-state index in [1.807, 2.05) is 35.2 Å². The Morgan fingerprint density at radius 1 is 1.00 bits per heavy atom. The van der Waals surface area contributed by atoms with Gasteiger partial charge in [0.15, 0.2) is 0 Å². The van der Waals surface area contributed by atoms with Crippen LogP contribution in [-0.4, -0.2) is 41.1 Å². The molecule has 2 heterocycles. The number of nitrogens with zero attached hydrogens (tertiary/aromatic N) is 2. The fourth-order valence-corrected chi connectivity index (χ4v) is 3.69. The van der Waals surface area contributed by atoms with Crippen molar-refractivity contribution in [2.75, 3.05) is 13.6 Å². The molecule has 1 saturated heterocycles. The number of hydrogen-bond donors (Lipinski definition) is 0. The topological polar surface area (TPSA) is 57.7 Å². The molecule has 4 rings (SSSR count). The number of carbonyl (C=O) groups excluding carboxylic acids is 3. The lowest BCUT2D eigenvalue weighted by atomic mass is 10.0. The van der Waals surface area contributed by atoms with E-state index in [-0.39, 0.29) is 23.8 Å². The van der Waals surface area contributed by atoms with Crippen molar-refractivity contribution in [1.82, 2.24) is 9.80 Å². The summed E-state index contributed by atoms with van der Waals surface area (Å²) in [5.74, 6) is -0.762. The van der Waals surface area contributed by atoms with Gasteiger partial charge >= 0.3 is 0 Å². The van der Waals surface area contributed by atoms with Crippen LogP contribution in [0.4, 0.5) is 0 Å². The molecule has 2 aliphatic heterocycles. The predicted molar refractivity (Wildman–Crippen MR) is 92.3 cm³/mol. The molecule has 126 valence electrons. The molecule has 1 unspecified atom stereocenters. The first-order valence-electron chi connectivity index (χ1n) is 8.40. The number of carbonyl (C=O) groups is 3. The fraction of sp³-hybridized carbons (Fsp3) is 0.250. The highest BCUT2D eigenvalue weighted by Gasteiger charge is 2.35. The summed E-state index contributed by atoms with van der Waals surface area (Å²) in [7, 11) is 1.46. The summed E-state index contributed by atoms with van der Waals surface area (Å²) >= 11 is 0. The maximum Gasteiger partial charge on any atom is 0.261 e. The van der Waals surface area contributed by atoms with Crippen molar-refractivity contribution in [3.05, 3.63) is 70.8 Å². The van der Waals surface area contributed by atoms with Gasteiger partial charge in [-0.15, -0.1) is 0 Å². The number of imide groups is 1. The molecule has 2 aromatic carbocycles. The van der Waals surface area contributed by atoms with Crippen LogP contribution in [0.2, 0.25) is 0 Å². The van der Waals surface area contributed by atoms with Crippen molar-refractivity contribution >= 4 is 17.7 Å². The SMILES string of the molecule is CN1C(=O)c2ccc(C(=O)N3CCCC3c3ccccc3)cc2C1=O. The maximum absolute atomic E-state index is 13.0. The van der Waals surface area contributed by atoms with Crippen LogP contribution in [0.5, 0.6) is 0 Å². The molecule has 2 aliphatic rings. The standard InChI is InChI=1S/C20H18N2O3/c1-21-19(24)15-10-9-14(12-16(15)20(21)25)18(23)22-11-5-8-17(22)13-6-3-2-4-7-13/h2-4,6-7,9-10,12,17H,5,8,11H2,1H3. The van der Waals surface area contributed by atoms with Crippen molar-refractivity contribution in [2.24, 2.45) is 0 Å². The van der Waals surface area contributed by atoms with Gasteiger partial charge in [0.05, 0.1) is 17.2 Å². The summed E-state index contributed by atoms with van der Waals surface area (Å²) in [5, 5.41) is 0. The number of benzene rings is 2. The number of hydrogen-bond acceptors (Lipinski definition) is 3. The molecule has 5 heteroatoms. The van der Waals surface area contributed by atoms with Crippen LogP contribution < -0.4 is 0 Å². The number of amides is 3. The van der Waals surface area contributed by atoms with E-state index in [1.54, 1.807) is 18.2 Å². The van der Waals surface area contributed by atoms with E-state index in [4.69, 9.17) is 0 Å². The van der Waals surface area contributed by atoms with Gasteiger partial charge in [0.25, 0.3) is 17.7 Å². The van der Waals surface area contributed by atoms with Crippen molar-refractivity contribution in [1.29, 1.82) is 0 Å². The zero-order valence-electron chi connectivity index (χ0n) is 13.9. The second-order valence-electron chi connectivity index (χ2n) is 6.50. The van der Waals surface area contributed by atoms with Crippen LogP contribution in [0.3, 0.4) is 0 Å². The molecule has 1 fully saturated rings. The third-order valence-electron chi connectivity index (χ3n) is 5.03. The molecule has 0 bridgehead atoms. The summed E-state index contributed by atoms with van der Waals surface area (Å²) < 4.78 is 0. The Morgan fingerprint density at radius 3 is 2.48 bits per heavy atom. The molecular weight excluding hydrogens is 316 g/mol. The monoisotopic (exact) mass is 334 g/mol. The van der Waals surface area contributed by atoms with Crippen molar-refractivity contribution in [3.63, 3.8) is 0 Å². The molecule has 0 radical (unpaired) electrons. The first kappa shape index (κ1) is 15.6. The molecule has 2 aromatic rings. The zero-order valence-corrected chi connectivity index (χ0v) is 13.9. The van der Waals surface area contributed by atoms with Gasteiger partial charge in [-0.1, -0.05) is 30.3 Å². The summed E-state index contributed by atoms with van der Waals surface area (Å²) in [6, 6.07) is 14.8. The van der Waals surface area contributed by atoms with Gasteiger partial charge in [-0.25, -0.2) is 0 Å². The number of rotatable bonds is 2. The molecule has 0 spiro atoms. The minimum Gasteiger partial charge on any atom is -0.332 e. The van der Waals surface area contributed by atoms with Gasteiger partial charge in [-0.05, 0) is 36.6 Å². The molecule has 0 aliphatic carbocycles. The Morgan fingerprint density at radius 2 is 1.72 bits per heavy atom. The quantitative estimate of drug-likeness (QED) is 0.794. The number of fused-ring (bicyclic) bond motifs is 1. The fourth-order valence-electron chi connectivity index (χ4n) is 3.69. The largest absolute Gasteiger partial charge is 0.332 e. The predicted octanol–water partition coefficient (Wildman–Crippen LogP) is 2.89. The Bertz CT molecular complexity index is 876. The van der Waals surface area contributed by atoms with Crippen LogP contribution in [0.25, 0.3) is 0 Å². The van der Waals surface area contributed by atoms with E-state index < -0.39 is 0 Å².